The fourth-order valence-corrected chi connectivity index (χ4v) is 2.06. The van der Waals surface area contributed by atoms with Crippen LogP contribution in [0.5, 0.6) is 0 Å². The van der Waals surface area contributed by atoms with E-state index in [4.69, 9.17) is 11.6 Å². The molecule has 0 aliphatic carbocycles. The minimum Gasteiger partial charge on any atom is -0.391 e. The van der Waals surface area contributed by atoms with Crippen molar-refractivity contribution < 1.29 is 10.0 Å². The Morgan fingerprint density at radius 2 is 2.31 bits per heavy atom. The predicted molar refractivity (Wildman–Crippen MR) is 60.9 cm³/mol. The van der Waals surface area contributed by atoms with Crippen molar-refractivity contribution in [2.45, 2.75) is 12.5 Å². The molecular formula is C10H11ClN2O3. The van der Waals surface area contributed by atoms with Crippen LogP contribution in [-0.2, 0) is 0 Å². The maximum Gasteiger partial charge on any atom is 0.288 e. The molecule has 0 radical (unpaired) electrons. The molecular weight excluding hydrogens is 232 g/mol. The van der Waals surface area contributed by atoms with Crippen LogP contribution < -0.4 is 4.90 Å². The number of nitrogens with zero attached hydrogens (tertiary/aromatic N) is 2. The van der Waals surface area contributed by atoms with Crippen molar-refractivity contribution in [3.63, 3.8) is 0 Å². The summed E-state index contributed by atoms with van der Waals surface area (Å²) in [5, 5.41) is 20.1. The van der Waals surface area contributed by atoms with E-state index in [0.717, 1.165) is 12.2 Å². The van der Waals surface area contributed by atoms with Gasteiger partial charge in [-0.3, -0.25) is 10.1 Å². The molecule has 0 saturated carbocycles. The van der Waals surface area contributed by atoms with Gasteiger partial charge in [0.15, 0.2) is 0 Å². The second-order valence-electron chi connectivity index (χ2n) is 3.78. The largest absolute Gasteiger partial charge is 0.391 e. The smallest absolute Gasteiger partial charge is 0.288 e. The number of aliphatic hydroxyl groups excluding tert-OH is 1. The number of nitro groups is 1. The average Bonchev–Trinajstić information content (AvgIpc) is 2.64. The molecule has 5 nitrogen and oxygen atoms in total. The monoisotopic (exact) mass is 242 g/mol. The predicted octanol–water partition coefficient (Wildman–Crippen LogP) is 1.82. The summed E-state index contributed by atoms with van der Waals surface area (Å²) in [6.07, 6.45) is 0.392. The van der Waals surface area contributed by atoms with Crippen LogP contribution in [0.1, 0.15) is 6.42 Å². The van der Waals surface area contributed by atoms with E-state index in [2.05, 4.69) is 0 Å². The third-order valence-corrected chi connectivity index (χ3v) is 2.96. The Bertz CT molecular complexity index is 425. The zero-order chi connectivity index (χ0) is 11.7. The Balaban J connectivity index is 2.24. The summed E-state index contributed by atoms with van der Waals surface area (Å²) in [4.78, 5) is 12.0. The maximum absolute atomic E-state index is 10.6. The number of nitro benzene ring substituents is 1. The van der Waals surface area contributed by atoms with Gasteiger partial charge in [-0.05, 0) is 18.6 Å². The van der Waals surface area contributed by atoms with Crippen LogP contribution in [0.3, 0.4) is 0 Å². The van der Waals surface area contributed by atoms with E-state index in [9.17, 15) is 15.2 Å². The van der Waals surface area contributed by atoms with Crippen molar-refractivity contribution >= 4 is 23.0 Å². The molecule has 0 spiro atoms. The molecule has 0 unspecified atom stereocenters. The third-order valence-electron chi connectivity index (χ3n) is 2.66. The Hall–Kier alpha value is -1.33. The lowest BCUT2D eigenvalue weighted by Crippen LogP contribution is -2.20. The Kier molecular flexibility index (Phi) is 2.98. The lowest BCUT2D eigenvalue weighted by molar-refractivity contribution is -0.384. The Morgan fingerprint density at radius 1 is 1.56 bits per heavy atom. The van der Waals surface area contributed by atoms with Crippen LogP contribution in [-0.4, -0.2) is 29.2 Å². The molecule has 86 valence electrons. The second-order valence-corrected chi connectivity index (χ2v) is 4.19. The third kappa shape index (κ3) is 2.10. The lowest BCUT2D eigenvalue weighted by atomic mass is 10.2. The summed E-state index contributed by atoms with van der Waals surface area (Å²) in [5.74, 6) is 0. The Morgan fingerprint density at radius 3 is 2.81 bits per heavy atom. The lowest BCUT2D eigenvalue weighted by Gasteiger charge is -2.17. The molecule has 2 rings (SSSR count). The van der Waals surface area contributed by atoms with Crippen molar-refractivity contribution in [3.8, 4) is 0 Å². The van der Waals surface area contributed by atoms with Gasteiger partial charge in [-0.25, -0.2) is 0 Å². The number of hydrogen-bond donors (Lipinski definition) is 1. The summed E-state index contributed by atoms with van der Waals surface area (Å²) in [6.45, 7) is 1.30. The molecule has 0 bridgehead atoms. The molecule has 1 aromatic carbocycles. The molecule has 16 heavy (non-hydrogen) atoms. The molecule has 0 aromatic heterocycles. The zero-order valence-electron chi connectivity index (χ0n) is 8.47. The van der Waals surface area contributed by atoms with Crippen LogP contribution in [0, 0.1) is 10.1 Å². The minimum atomic E-state index is -0.509. The van der Waals surface area contributed by atoms with E-state index >= 15 is 0 Å². The second kappa shape index (κ2) is 4.27. The van der Waals surface area contributed by atoms with E-state index in [-0.39, 0.29) is 16.8 Å². The summed E-state index contributed by atoms with van der Waals surface area (Å²) in [5.41, 5.74) is 0.720. The molecule has 0 amide bonds. The highest BCUT2D eigenvalue weighted by Gasteiger charge is 2.22. The van der Waals surface area contributed by atoms with Crippen LogP contribution in [0.2, 0.25) is 5.02 Å². The summed E-state index contributed by atoms with van der Waals surface area (Å²) in [7, 11) is 0. The van der Waals surface area contributed by atoms with E-state index in [0.29, 0.717) is 13.0 Å². The highest BCUT2D eigenvalue weighted by atomic mass is 35.5. The highest BCUT2D eigenvalue weighted by Crippen LogP contribution is 2.30. The van der Waals surface area contributed by atoms with Gasteiger partial charge in [-0.2, -0.15) is 0 Å². The van der Waals surface area contributed by atoms with Gasteiger partial charge >= 0.3 is 0 Å². The van der Waals surface area contributed by atoms with Crippen LogP contribution in [0.4, 0.5) is 11.4 Å². The van der Waals surface area contributed by atoms with E-state index in [1.807, 2.05) is 4.90 Å². The number of anilines is 1. The summed E-state index contributed by atoms with van der Waals surface area (Å²) >= 11 is 5.81. The highest BCUT2D eigenvalue weighted by molar-refractivity contribution is 6.32. The molecule has 1 N–H and O–H groups in total. The van der Waals surface area contributed by atoms with Crippen molar-refractivity contribution in [1.29, 1.82) is 0 Å². The molecule has 1 fully saturated rings. The fourth-order valence-electron chi connectivity index (χ4n) is 1.82. The first kappa shape index (κ1) is 11.2. The standard InChI is InChI=1S/C10H11ClN2O3/c11-9-5-7(1-2-10(9)13(15)16)12-4-3-8(14)6-12/h1-2,5,8,14H,3-4,6H2/t8-/m1/s1. The quantitative estimate of drug-likeness (QED) is 0.635. The average molecular weight is 243 g/mol. The molecule has 1 aliphatic rings. The number of rotatable bonds is 2. The molecule has 1 heterocycles. The Labute approximate surface area is 97.4 Å². The first-order valence-corrected chi connectivity index (χ1v) is 5.32. The summed E-state index contributed by atoms with van der Waals surface area (Å²) < 4.78 is 0. The summed E-state index contributed by atoms with van der Waals surface area (Å²) in [6, 6.07) is 4.61. The van der Waals surface area contributed by atoms with Crippen LogP contribution in [0.25, 0.3) is 0 Å². The first-order chi connectivity index (χ1) is 7.58. The van der Waals surface area contributed by atoms with E-state index in [1.165, 1.54) is 6.07 Å². The van der Waals surface area contributed by atoms with Gasteiger partial charge < -0.3 is 10.0 Å². The number of β-amino-alcohol motifs (C(OH)–C–C–N with tert-alkyl or cyclic N) is 1. The van der Waals surface area contributed by atoms with Crippen LogP contribution >= 0.6 is 11.6 Å². The van der Waals surface area contributed by atoms with Gasteiger partial charge in [0.2, 0.25) is 0 Å². The topological polar surface area (TPSA) is 66.6 Å². The van der Waals surface area contributed by atoms with Gasteiger partial charge in [0.25, 0.3) is 5.69 Å². The van der Waals surface area contributed by atoms with Crippen molar-refractivity contribution in [1.82, 2.24) is 0 Å². The van der Waals surface area contributed by atoms with Gasteiger partial charge in [-0.1, -0.05) is 11.6 Å². The molecule has 1 aliphatic heterocycles. The number of aliphatic hydroxyl groups is 1. The van der Waals surface area contributed by atoms with Crippen LogP contribution in [0.15, 0.2) is 18.2 Å². The van der Waals surface area contributed by atoms with Gasteiger partial charge in [-0.15, -0.1) is 0 Å². The zero-order valence-corrected chi connectivity index (χ0v) is 9.22. The van der Waals surface area contributed by atoms with E-state index < -0.39 is 4.92 Å². The van der Waals surface area contributed by atoms with Crippen molar-refractivity contribution in [2.24, 2.45) is 0 Å². The number of halogens is 1. The number of benzene rings is 1. The molecule has 1 aromatic rings. The normalized spacial score (nSPS) is 20.1. The number of hydrogen-bond acceptors (Lipinski definition) is 4. The molecule has 1 atom stereocenters. The SMILES string of the molecule is O=[N+]([O-])c1ccc(N2CC[C@@H](O)C2)cc1Cl. The van der Waals surface area contributed by atoms with Gasteiger partial charge in [0.05, 0.1) is 11.0 Å². The molecule has 6 heteroatoms. The fraction of sp³-hybridized carbons (Fsp3) is 0.400. The minimum absolute atomic E-state index is 0.0924. The van der Waals surface area contributed by atoms with Gasteiger partial charge in [0, 0.05) is 24.8 Å². The maximum atomic E-state index is 10.6. The molecule has 1 saturated heterocycles. The van der Waals surface area contributed by atoms with Gasteiger partial charge in [0.1, 0.15) is 5.02 Å². The van der Waals surface area contributed by atoms with E-state index in [1.54, 1.807) is 12.1 Å². The first-order valence-electron chi connectivity index (χ1n) is 4.95. The van der Waals surface area contributed by atoms with Crippen molar-refractivity contribution in [2.75, 3.05) is 18.0 Å². The van der Waals surface area contributed by atoms with Crippen molar-refractivity contribution in [3.05, 3.63) is 33.3 Å².